The molecule has 2 aliphatic rings. The molecule has 0 aliphatic carbocycles. The van der Waals surface area contributed by atoms with E-state index in [1.807, 2.05) is 0 Å². The van der Waals surface area contributed by atoms with Gasteiger partial charge in [-0.1, -0.05) is 0 Å². The van der Waals surface area contributed by atoms with E-state index in [2.05, 4.69) is 4.74 Å². The normalized spacial score (nSPS) is 44.8. The monoisotopic (exact) mass is 210 g/mol. The number of fused-ring (bicyclic) bond motifs is 1. The van der Waals surface area contributed by atoms with Crippen molar-refractivity contribution in [3.63, 3.8) is 0 Å². The molecule has 2 saturated heterocycles. The van der Waals surface area contributed by atoms with Crippen LogP contribution in [0.25, 0.3) is 0 Å². The standard InChI is InChI=1S/C8H12F2O4/c1-7(2)13-4-3-12-6(11)8(9,10)5(4)14-7/h4-6,11H,3H2,1-2H3/t4-,5-,6?/m1/s1. The van der Waals surface area contributed by atoms with Gasteiger partial charge in [0.05, 0.1) is 6.61 Å². The Kier molecular flexibility index (Phi) is 2.08. The second kappa shape index (κ2) is 2.85. The Balaban J connectivity index is 2.21. The van der Waals surface area contributed by atoms with Crippen LogP contribution in [0, 0.1) is 0 Å². The highest BCUT2D eigenvalue weighted by Gasteiger charge is 2.61. The summed E-state index contributed by atoms with van der Waals surface area (Å²) in [7, 11) is 0. The van der Waals surface area contributed by atoms with Gasteiger partial charge in [-0.25, -0.2) is 0 Å². The molecule has 14 heavy (non-hydrogen) atoms. The first-order chi connectivity index (χ1) is 6.33. The summed E-state index contributed by atoms with van der Waals surface area (Å²) in [5, 5.41) is 8.95. The molecule has 2 aliphatic heterocycles. The summed E-state index contributed by atoms with van der Waals surface area (Å²) in [5.74, 6) is -4.47. The number of hydrogen-bond acceptors (Lipinski definition) is 4. The van der Waals surface area contributed by atoms with Crippen molar-refractivity contribution in [2.24, 2.45) is 0 Å². The molecule has 0 bridgehead atoms. The zero-order valence-electron chi connectivity index (χ0n) is 7.87. The molecule has 82 valence electrons. The maximum absolute atomic E-state index is 13.3. The highest BCUT2D eigenvalue weighted by Crippen LogP contribution is 2.41. The van der Waals surface area contributed by atoms with Crippen molar-refractivity contribution in [2.75, 3.05) is 6.61 Å². The Morgan fingerprint density at radius 1 is 1.29 bits per heavy atom. The van der Waals surface area contributed by atoms with Crippen LogP contribution in [0.4, 0.5) is 8.78 Å². The molecule has 3 atom stereocenters. The molecule has 2 heterocycles. The highest BCUT2D eigenvalue weighted by atomic mass is 19.3. The fourth-order valence-corrected chi connectivity index (χ4v) is 1.72. The SMILES string of the molecule is CC1(C)O[C@@H]2[C@@H](COC(O)C2(F)F)O1. The maximum atomic E-state index is 13.3. The minimum atomic E-state index is -3.42. The van der Waals surface area contributed by atoms with Crippen LogP contribution in [0.3, 0.4) is 0 Å². The molecule has 1 N–H and O–H groups in total. The molecule has 4 nitrogen and oxygen atoms in total. The lowest BCUT2D eigenvalue weighted by Crippen LogP contribution is -2.56. The summed E-state index contributed by atoms with van der Waals surface area (Å²) in [4.78, 5) is 0. The zero-order valence-corrected chi connectivity index (χ0v) is 7.87. The lowest BCUT2D eigenvalue weighted by Gasteiger charge is -2.34. The molecule has 6 heteroatoms. The summed E-state index contributed by atoms with van der Waals surface area (Å²) in [5.41, 5.74) is 0. The topological polar surface area (TPSA) is 47.9 Å². The van der Waals surface area contributed by atoms with E-state index in [0.717, 1.165) is 0 Å². The third kappa shape index (κ3) is 1.42. The average Bonchev–Trinajstić information content (AvgIpc) is 2.35. The van der Waals surface area contributed by atoms with Crippen LogP contribution >= 0.6 is 0 Å². The van der Waals surface area contributed by atoms with E-state index in [4.69, 9.17) is 14.6 Å². The van der Waals surface area contributed by atoms with Crippen LogP contribution in [-0.4, -0.2) is 41.9 Å². The molecule has 1 unspecified atom stereocenters. The molecule has 2 rings (SSSR count). The van der Waals surface area contributed by atoms with Crippen molar-refractivity contribution in [3.05, 3.63) is 0 Å². The predicted molar refractivity (Wildman–Crippen MR) is 40.7 cm³/mol. The van der Waals surface area contributed by atoms with Crippen LogP contribution < -0.4 is 0 Å². The Morgan fingerprint density at radius 3 is 2.57 bits per heavy atom. The summed E-state index contributed by atoms with van der Waals surface area (Å²) in [6, 6.07) is 0. The van der Waals surface area contributed by atoms with Gasteiger partial charge in [0, 0.05) is 0 Å². The summed E-state index contributed by atoms with van der Waals surface area (Å²) >= 11 is 0. The number of hydrogen-bond donors (Lipinski definition) is 1. The van der Waals surface area contributed by atoms with E-state index in [0.29, 0.717) is 0 Å². The number of alkyl halides is 2. The molecule has 0 aromatic carbocycles. The lowest BCUT2D eigenvalue weighted by atomic mass is 10.0. The molecule has 2 fully saturated rings. The zero-order chi connectivity index (χ0) is 10.6. The van der Waals surface area contributed by atoms with Gasteiger partial charge >= 0.3 is 5.92 Å². The molecular formula is C8H12F2O4. The van der Waals surface area contributed by atoms with Gasteiger partial charge in [-0.15, -0.1) is 0 Å². The van der Waals surface area contributed by atoms with E-state index in [1.54, 1.807) is 13.8 Å². The summed E-state index contributed by atoms with van der Waals surface area (Å²) in [6.07, 6.45) is -4.36. The van der Waals surface area contributed by atoms with Gasteiger partial charge in [0.15, 0.2) is 11.9 Å². The van der Waals surface area contributed by atoms with Crippen LogP contribution in [0.2, 0.25) is 0 Å². The third-order valence-electron chi connectivity index (χ3n) is 2.31. The minimum absolute atomic E-state index is 0.0785. The minimum Gasteiger partial charge on any atom is -0.363 e. The van der Waals surface area contributed by atoms with Crippen LogP contribution in [0.15, 0.2) is 0 Å². The molecule has 0 aromatic rings. The van der Waals surface area contributed by atoms with Crippen LogP contribution in [-0.2, 0) is 14.2 Å². The maximum Gasteiger partial charge on any atom is 0.325 e. The Hall–Kier alpha value is -0.300. The largest absolute Gasteiger partial charge is 0.363 e. The van der Waals surface area contributed by atoms with Crippen molar-refractivity contribution in [3.8, 4) is 0 Å². The molecule has 0 aromatic heterocycles. The molecule has 0 radical (unpaired) electrons. The number of rotatable bonds is 0. The number of aliphatic hydroxyl groups excluding tert-OH is 1. The number of aliphatic hydroxyl groups is 1. The van der Waals surface area contributed by atoms with Gasteiger partial charge in [-0.2, -0.15) is 8.78 Å². The van der Waals surface area contributed by atoms with Crippen molar-refractivity contribution >= 4 is 0 Å². The van der Waals surface area contributed by atoms with Crippen molar-refractivity contribution in [1.29, 1.82) is 0 Å². The quantitative estimate of drug-likeness (QED) is 0.632. The number of halogens is 2. The van der Waals surface area contributed by atoms with Gasteiger partial charge in [0.25, 0.3) is 0 Å². The number of ether oxygens (including phenoxy) is 3. The summed E-state index contributed by atoms with van der Waals surface area (Å²) in [6.45, 7) is 3.02. The Bertz CT molecular complexity index is 243. The summed E-state index contributed by atoms with van der Waals surface area (Å²) < 4.78 is 41.4. The molecule has 0 amide bonds. The smallest absolute Gasteiger partial charge is 0.325 e. The fourth-order valence-electron chi connectivity index (χ4n) is 1.72. The van der Waals surface area contributed by atoms with Gasteiger partial charge in [-0.3, -0.25) is 0 Å². The van der Waals surface area contributed by atoms with Crippen molar-refractivity contribution in [1.82, 2.24) is 0 Å². The Morgan fingerprint density at radius 2 is 1.93 bits per heavy atom. The average molecular weight is 210 g/mol. The molecular weight excluding hydrogens is 198 g/mol. The van der Waals surface area contributed by atoms with Gasteiger partial charge in [0.1, 0.15) is 6.10 Å². The van der Waals surface area contributed by atoms with E-state index in [1.165, 1.54) is 0 Å². The molecule has 0 saturated carbocycles. The second-order valence-corrected chi connectivity index (χ2v) is 3.95. The van der Waals surface area contributed by atoms with Crippen molar-refractivity contribution < 1.29 is 28.1 Å². The van der Waals surface area contributed by atoms with E-state index in [-0.39, 0.29) is 6.61 Å². The highest BCUT2D eigenvalue weighted by molar-refractivity contribution is 4.96. The van der Waals surface area contributed by atoms with Crippen LogP contribution in [0.5, 0.6) is 0 Å². The predicted octanol–water partition coefficient (Wildman–Crippen LogP) is 0.490. The van der Waals surface area contributed by atoms with E-state index >= 15 is 0 Å². The molecule has 0 spiro atoms. The van der Waals surface area contributed by atoms with E-state index in [9.17, 15) is 8.78 Å². The Labute approximate surface area is 79.7 Å². The first-order valence-corrected chi connectivity index (χ1v) is 4.36. The lowest BCUT2D eigenvalue weighted by molar-refractivity contribution is -0.304. The first kappa shape index (κ1) is 10.2. The first-order valence-electron chi connectivity index (χ1n) is 4.36. The second-order valence-electron chi connectivity index (χ2n) is 3.95. The van der Waals surface area contributed by atoms with E-state index < -0.39 is 30.2 Å². The fraction of sp³-hybridized carbons (Fsp3) is 1.00. The third-order valence-corrected chi connectivity index (χ3v) is 2.31. The van der Waals surface area contributed by atoms with Gasteiger partial charge in [-0.05, 0) is 13.8 Å². The van der Waals surface area contributed by atoms with Crippen LogP contribution in [0.1, 0.15) is 13.8 Å². The van der Waals surface area contributed by atoms with Crippen molar-refractivity contribution in [2.45, 2.75) is 44.1 Å². The van der Waals surface area contributed by atoms with Gasteiger partial charge in [0.2, 0.25) is 6.29 Å². The van der Waals surface area contributed by atoms with Gasteiger partial charge < -0.3 is 19.3 Å².